The zero-order chi connectivity index (χ0) is 27.4. The highest BCUT2D eigenvalue weighted by Gasteiger charge is 2.27. The van der Waals surface area contributed by atoms with E-state index in [1.807, 2.05) is 6.92 Å². The number of rotatable bonds is 10. The van der Waals surface area contributed by atoms with Crippen LogP contribution in [0, 0.1) is 13.8 Å². The predicted octanol–water partition coefficient (Wildman–Crippen LogP) is 4.81. The Morgan fingerprint density at radius 3 is 2.34 bits per heavy atom. The van der Waals surface area contributed by atoms with Gasteiger partial charge in [-0.15, -0.1) is 0 Å². The second-order valence-corrected chi connectivity index (χ2v) is 12.1. The second kappa shape index (κ2) is 11.7. The van der Waals surface area contributed by atoms with E-state index in [0.29, 0.717) is 28.2 Å². The molecule has 2 aromatic carbocycles. The van der Waals surface area contributed by atoms with Crippen LogP contribution in [0.2, 0.25) is 0 Å². The molecule has 1 atom stereocenters. The first-order valence-corrected chi connectivity index (χ1v) is 14.3. The molecule has 4 rings (SSSR count). The number of benzene rings is 2. The molecule has 1 saturated heterocycles. The molecular weight excluding hydrogens is 502 g/mol. The maximum atomic E-state index is 13.3. The molecule has 1 aromatic heterocycles. The molecule has 1 aliphatic rings. The highest BCUT2D eigenvalue weighted by molar-refractivity contribution is 7.89. The van der Waals surface area contributed by atoms with E-state index in [9.17, 15) is 13.2 Å². The van der Waals surface area contributed by atoms with Crippen LogP contribution in [0.1, 0.15) is 64.2 Å². The van der Waals surface area contributed by atoms with Crippen LogP contribution in [-0.2, 0) is 23.1 Å². The molecule has 0 bridgehead atoms. The van der Waals surface area contributed by atoms with Gasteiger partial charge in [-0.2, -0.15) is 4.31 Å². The van der Waals surface area contributed by atoms with E-state index >= 15 is 0 Å². The van der Waals surface area contributed by atoms with Crippen molar-refractivity contribution >= 4 is 15.9 Å². The highest BCUT2D eigenvalue weighted by atomic mass is 32.2. The van der Waals surface area contributed by atoms with Gasteiger partial charge in [0, 0.05) is 13.6 Å². The number of carbonyl (C=O) groups excluding carboxylic acids is 1. The van der Waals surface area contributed by atoms with Gasteiger partial charge in [-0.1, -0.05) is 24.3 Å². The Morgan fingerprint density at radius 1 is 1.11 bits per heavy atom. The molecule has 1 N–H and O–H groups in total. The lowest BCUT2D eigenvalue weighted by molar-refractivity contribution is 0.0939. The summed E-state index contributed by atoms with van der Waals surface area (Å²) in [4.78, 5) is 15.6. The van der Waals surface area contributed by atoms with E-state index in [1.165, 1.54) is 36.0 Å². The van der Waals surface area contributed by atoms with E-state index in [-0.39, 0.29) is 23.4 Å². The first-order chi connectivity index (χ1) is 18.1. The first kappa shape index (κ1) is 27.9. The summed E-state index contributed by atoms with van der Waals surface area (Å²) < 4.78 is 38.6. The topological polar surface area (TPSA) is 92.1 Å². The third kappa shape index (κ3) is 6.28. The number of furan rings is 1. The summed E-state index contributed by atoms with van der Waals surface area (Å²) >= 11 is 0. The number of aryl methyl sites for hydroxylation is 2. The van der Waals surface area contributed by atoms with Crippen molar-refractivity contribution in [2.45, 2.75) is 57.6 Å². The van der Waals surface area contributed by atoms with E-state index in [2.05, 4.69) is 34.5 Å². The van der Waals surface area contributed by atoms with Gasteiger partial charge in [-0.05, 0) is 87.2 Å². The number of ether oxygens (including phenoxy) is 1. The molecule has 0 spiro atoms. The van der Waals surface area contributed by atoms with Crippen molar-refractivity contribution in [3.63, 3.8) is 0 Å². The van der Waals surface area contributed by atoms with Gasteiger partial charge in [0.1, 0.15) is 17.8 Å². The van der Waals surface area contributed by atoms with E-state index in [4.69, 9.17) is 9.15 Å². The normalized spacial score (nSPS) is 15.1. The summed E-state index contributed by atoms with van der Waals surface area (Å²) in [6.07, 6.45) is 3.90. The molecule has 0 radical (unpaired) electrons. The SMILES string of the molecule is COc1cc(C)c(S(=O)(=O)N(C)Cc2cc(C(=O)NC(C)c3ccc(CN4CCCC4)cc3)co2)c(C)c1. The van der Waals surface area contributed by atoms with Gasteiger partial charge >= 0.3 is 0 Å². The van der Waals surface area contributed by atoms with Crippen LogP contribution in [0.4, 0.5) is 0 Å². The quantitative estimate of drug-likeness (QED) is 0.398. The van der Waals surface area contributed by atoms with Gasteiger partial charge in [-0.25, -0.2) is 8.42 Å². The third-order valence-electron chi connectivity index (χ3n) is 7.06. The molecule has 1 amide bonds. The average Bonchev–Trinajstić information content (AvgIpc) is 3.56. The van der Waals surface area contributed by atoms with Crippen LogP contribution in [0.5, 0.6) is 5.75 Å². The molecule has 1 fully saturated rings. The molecule has 0 aliphatic carbocycles. The molecular formula is C29H37N3O5S. The van der Waals surface area contributed by atoms with Crippen LogP contribution >= 0.6 is 0 Å². The van der Waals surface area contributed by atoms with Gasteiger partial charge < -0.3 is 14.5 Å². The van der Waals surface area contributed by atoms with Crippen LogP contribution in [-0.4, -0.2) is 50.8 Å². The number of amides is 1. The Kier molecular flexibility index (Phi) is 8.60. The summed E-state index contributed by atoms with van der Waals surface area (Å²) in [5, 5.41) is 3.00. The predicted molar refractivity (Wildman–Crippen MR) is 147 cm³/mol. The Bertz CT molecular complexity index is 1350. The fraction of sp³-hybridized carbons (Fsp3) is 0.414. The fourth-order valence-electron chi connectivity index (χ4n) is 4.95. The van der Waals surface area contributed by atoms with Crippen molar-refractivity contribution in [1.82, 2.24) is 14.5 Å². The van der Waals surface area contributed by atoms with E-state index in [0.717, 1.165) is 25.2 Å². The standard InChI is InChI=1S/C29H37N3O5S/c1-20-14-26(36-5)15-21(2)28(20)38(34,35)31(4)18-27-16-25(19-37-27)29(33)30-22(3)24-10-8-23(9-11-24)17-32-12-6-7-13-32/h8-11,14-16,19,22H,6-7,12-13,17-18H2,1-5H3,(H,30,33). The zero-order valence-corrected chi connectivity index (χ0v) is 23.6. The molecule has 1 aliphatic heterocycles. The number of hydrogen-bond acceptors (Lipinski definition) is 6. The monoisotopic (exact) mass is 539 g/mol. The first-order valence-electron chi connectivity index (χ1n) is 12.9. The van der Waals surface area contributed by atoms with Gasteiger partial charge in [0.25, 0.3) is 5.91 Å². The van der Waals surface area contributed by atoms with Gasteiger partial charge in [0.05, 0.1) is 30.2 Å². The molecule has 3 aromatic rings. The maximum absolute atomic E-state index is 13.3. The summed E-state index contributed by atoms with van der Waals surface area (Å²) in [6, 6.07) is 13.1. The number of nitrogens with one attached hydrogen (secondary N) is 1. The van der Waals surface area contributed by atoms with E-state index in [1.54, 1.807) is 39.2 Å². The van der Waals surface area contributed by atoms with Gasteiger partial charge in [0.2, 0.25) is 10.0 Å². The smallest absolute Gasteiger partial charge is 0.255 e. The molecule has 1 unspecified atom stereocenters. The van der Waals surface area contributed by atoms with Crippen molar-refractivity contribution in [3.8, 4) is 5.75 Å². The molecule has 204 valence electrons. The van der Waals surface area contributed by atoms with Gasteiger partial charge in [-0.3, -0.25) is 9.69 Å². The Balaban J connectivity index is 1.37. The number of carbonyl (C=O) groups is 1. The minimum atomic E-state index is -3.79. The Morgan fingerprint density at radius 2 is 1.74 bits per heavy atom. The molecule has 38 heavy (non-hydrogen) atoms. The van der Waals surface area contributed by atoms with Crippen LogP contribution in [0.25, 0.3) is 0 Å². The zero-order valence-electron chi connectivity index (χ0n) is 22.8. The Hall–Kier alpha value is -3.14. The molecule has 2 heterocycles. The number of methoxy groups -OCH3 is 1. The number of likely N-dealkylation sites (tertiary alicyclic amines) is 1. The van der Waals surface area contributed by atoms with Crippen molar-refractivity contribution in [1.29, 1.82) is 0 Å². The third-order valence-corrected chi connectivity index (χ3v) is 9.17. The number of sulfonamides is 1. The van der Waals surface area contributed by atoms with Crippen molar-refractivity contribution < 1.29 is 22.4 Å². The van der Waals surface area contributed by atoms with Crippen molar-refractivity contribution in [3.05, 3.63) is 82.3 Å². The maximum Gasteiger partial charge on any atom is 0.255 e. The van der Waals surface area contributed by atoms with Crippen LogP contribution in [0.15, 0.2) is 58.0 Å². The summed E-state index contributed by atoms with van der Waals surface area (Å²) in [7, 11) is -0.743. The molecule has 8 nitrogen and oxygen atoms in total. The van der Waals surface area contributed by atoms with Crippen LogP contribution in [0.3, 0.4) is 0 Å². The minimum Gasteiger partial charge on any atom is -0.497 e. The lowest BCUT2D eigenvalue weighted by Crippen LogP contribution is -2.28. The molecule has 9 heteroatoms. The van der Waals surface area contributed by atoms with Crippen LogP contribution < -0.4 is 10.1 Å². The minimum absolute atomic E-state index is 0.00540. The van der Waals surface area contributed by atoms with Gasteiger partial charge in [0.15, 0.2) is 0 Å². The average molecular weight is 540 g/mol. The summed E-state index contributed by atoms with van der Waals surface area (Å²) in [6.45, 7) is 8.69. The van der Waals surface area contributed by atoms with Crippen molar-refractivity contribution in [2.75, 3.05) is 27.2 Å². The summed E-state index contributed by atoms with van der Waals surface area (Å²) in [5.74, 6) is 0.709. The fourth-order valence-corrected chi connectivity index (χ4v) is 6.49. The molecule has 0 saturated carbocycles. The Labute approximate surface area is 225 Å². The highest BCUT2D eigenvalue weighted by Crippen LogP contribution is 2.28. The number of nitrogens with zero attached hydrogens (tertiary/aromatic N) is 2. The lowest BCUT2D eigenvalue weighted by Gasteiger charge is -2.19. The number of hydrogen-bond donors (Lipinski definition) is 1. The lowest BCUT2D eigenvalue weighted by atomic mass is 10.1. The largest absolute Gasteiger partial charge is 0.497 e. The van der Waals surface area contributed by atoms with E-state index < -0.39 is 10.0 Å². The summed E-state index contributed by atoms with van der Waals surface area (Å²) in [5.41, 5.74) is 3.84. The second-order valence-electron chi connectivity index (χ2n) is 10.1. The van der Waals surface area contributed by atoms with Crippen molar-refractivity contribution in [2.24, 2.45) is 0 Å².